The van der Waals surface area contributed by atoms with Crippen molar-refractivity contribution in [2.75, 3.05) is 20.3 Å². The molecular formula is C11H13N3O4. The van der Waals surface area contributed by atoms with E-state index in [1.54, 1.807) is 17.6 Å². The van der Waals surface area contributed by atoms with Crippen molar-refractivity contribution in [3.8, 4) is 0 Å². The molecular weight excluding hydrogens is 238 g/mol. The van der Waals surface area contributed by atoms with E-state index in [1.165, 1.54) is 12.3 Å². The van der Waals surface area contributed by atoms with Crippen molar-refractivity contribution < 1.29 is 19.4 Å². The van der Waals surface area contributed by atoms with Gasteiger partial charge in [-0.15, -0.1) is 10.2 Å². The van der Waals surface area contributed by atoms with Crippen LogP contribution in [0.3, 0.4) is 0 Å². The maximum atomic E-state index is 10.9. The summed E-state index contributed by atoms with van der Waals surface area (Å²) >= 11 is 0. The number of carbonyl (C=O) groups is 1. The molecule has 2 aromatic heterocycles. The molecule has 0 aliphatic rings. The first-order chi connectivity index (χ1) is 8.72. The van der Waals surface area contributed by atoms with Crippen LogP contribution in [0.4, 0.5) is 0 Å². The number of rotatable bonds is 6. The van der Waals surface area contributed by atoms with Gasteiger partial charge in [-0.25, -0.2) is 4.79 Å². The summed E-state index contributed by atoms with van der Waals surface area (Å²) in [4.78, 5) is 10.9. The van der Waals surface area contributed by atoms with Gasteiger partial charge in [0.25, 0.3) is 0 Å². The minimum atomic E-state index is -0.989. The monoisotopic (exact) mass is 251 g/mol. The quantitative estimate of drug-likeness (QED) is 0.756. The van der Waals surface area contributed by atoms with Crippen LogP contribution in [0.15, 0.2) is 18.3 Å². The van der Waals surface area contributed by atoms with Crippen molar-refractivity contribution in [3.63, 3.8) is 0 Å². The van der Waals surface area contributed by atoms with Crippen molar-refractivity contribution in [2.24, 2.45) is 0 Å². The molecule has 0 spiro atoms. The third-order valence-electron chi connectivity index (χ3n) is 2.38. The van der Waals surface area contributed by atoms with Crippen LogP contribution in [0.25, 0.3) is 5.65 Å². The molecule has 0 atom stereocenters. The minimum Gasteiger partial charge on any atom is -0.478 e. The molecule has 0 radical (unpaired) electrons. The lowest BCUT2D eigenvalue weighted by molar-refractivity contribution is 0.0582. The number of fused-ring (bicyclic) bond motifs is 1. The van der Waals surface area contributed by atoms with E-state index in [9.17, 15) is 4.79 Å². The van der Waals surface area contributed by atoms with E-state index < -0.39 is 5.97 Å². The third-order valence-corrected chi connectivity index (χ3v) is 2.38. The molecule has 0 fully saturated rings. The Bertz CT molecular complexity index is 552. The maximum absolute atomic E-state index is 10.9. The third kappa shape index (κ3) is 2.63. The highest BCUT2D eigenvalue weighted by molar-refractivity contribution is 5.87. The van der Waals surface area contributed by atoms with Crippen LogP contribution in [0.1, 0.15) is 16.2 Å². The fraction of sp³-hybridized carbons (Fsp3) is 0.364. The van der Waals surface area contributed by atoms with Crippen molar-refractivity contribution in [3.05, 3.63) is 29.7 Å². The number of nitrogens with zero attached hydrogens (tertiary/aromatic N) is 3. The van der Waals surface area contributed by atoms with Crippen LogP contribution in [-0.4, -0.2) is 46.0 Å². The summed E-state index contributed by atoms with van der Waals surface area (Å²) in [5.74, 6) is -0.430. The van der Waals surface area contributed by atoms with Gasteiger partial charge in [0, 0.05) is 13.3 Å². The summed E-state index contributed by atoms with van der Waals surface area (Å²) in [5.41, 5.74) is 0.769. The Balaban J connectivity index is 2.17. The zero-order valence-corrected chi connectivity index (χ0v) is 9.87. The number of pyridine rings is 1. The van der Waals surface area contributed by atoms with Crippen LogP contribution in [0.5, 0.6) is 0 Å². The van der Waals surface area contributed by atoms with Gasteiger partial charge in [0.15, 0.2) is 11.5 Å². The second kappa shape index (κ2) is 5.56. The Morgan fingerprint density at radius 3 is 2.94 bits per heavy atom. The van der Waals surface area contributed by atoms with E-state index in [0.717, 1.165) is 0 Å². The summed E-state index contributed by atoms with van der Waals surface area (Å²) in [7, 11) is 1.59. The molecule has 0 bridgehead atoms. The first kappa shape index (κ1) is 12.5. The van der Waals surface area contributed by atoms with Gasteiger partial charge in [0.1, 0.15) is 6.61 Å². The summed E-state index contributed by atoms with van der Waals surface area (Å²) in [6.07, 6.45) is 1.48. The second-order valence-electron chi connectivity index (χ2n) is 3.61. The molecule has 0 unspecified atom stereocenters. The molecule has 0 aliphatic heterocycles. The van der Waals surface area contributed by atoms with E-state index in [2.05, 4.69) is 10.2 Å². The Kier molecular flexibility index (Phi) is 3.85. The SMILES string of the molecule is COCCOCc1nnc2ccc(C(=O)O)cn12. The fourth-order valence-electron chi connectivity index (χ4n) is 1.47. The summed E-state index contributed by atoms with van der Waals surface area (Å²) in [5, 5.41) is 16.8. The van der Waals surface area contributed by atoms with Crippen LogP contribution in [0, 0.1) is 0 Å². The molecule has 0 aliphatic carbocycles. The molecule has 0 saturated carbocycles. The number of methoxy groups -OCH3 is 1. The largest absolute Gasteiger partial charge is 0.478 e. The van der Waals surface area contributed by atoms with Crippen LogP contribution in [-0.2, 0) is 16.1 Å². The van der Waals surface area contributed by atoms with Crippen LogP contribution >= 0.6 is 0 Å². The van der Waals surface area contributed by atoms with Crippen LogP contribution < -0.4 is 0 Å². The second-order valence-corrected chi connectivity index (χ2v) is 3.61. The zero-order valence-electron chi connectivity index (χ0n) is 9.87. The van der Waals surface area contributed by atoms with E-state index in [-0.39, 0.29) is 12.2 Å². The molecule has 0 amide bonds. The van der Waals surface area contributed by atoms with E-state index >= 15 is 0 Å². The summed E-state index contributed by atoms with van der Waals surface area (Å²) < 4.78 is 11.8. The van der Waals surface area contributed by atoms with Crippen molar-refractivity contribution in [2.45, 2.75) is 6.61 Å². The highest BCUT2D eigenvalue weighted by Gasteiger charge is 2.09. The predicted octanol–water partition coefficient (Wildman–Crippen LogP) is 0.591. The smallest absolute Gasteiger partial charge is 0.337 e. The molecule has 1 N–H and O–H groups in total. The molecule has 2 heterocycles. The van der Waals surface area contributed by atoms with Gasteiger partial charge in [-0.3, -0.25) is 4.40 Å². The lowest BCUT2D eigenvalue weighted by atomic mass is 10.3. The van der Waals surface area contributed by atoms with E-state index in [1.807, 2.05) is 0 Å². The summed E-state index contributed by atoms with van der Waals surface area (Å²) in [6, 6.07) is 3.09. The number of ether oxygens (including phenoxy) is 2. The standard InChI is InChI=1S/C11H13N3O4/c1-17-4-5-18-7-10-13-12-9-3-2-8(11(15)16)6-14(9)10/h2-3,6H,4-5,7H2,1H3,(H,15,16). The number of hydrogen-bond donors (Lipinski definition) is 1. The van der Waals surface area contributed by atoms with Gasteiger partial charge in [-0.1, -0.05) is 0 Å². The maximum Gasteiger partial charge on any atom is 0.337 e. The number of carboxylic acid groups (broad SMARTS) is 1. The van der Waals surface area contributed by atoms with Gasteiger partial charge >= 0.3 is 5.97 Å². The zero-order chi connectivity index (χ0) is 13.0. The lowest BCUT2D eigenvalue weighted by Gasteiger charge is -2.03. The molecule has 0 saturated heterocycles. The fourth-order valence-corrected chi connectivity index (χ4v) is 1.47. The highest BCUT2D eigenvalue weighted by Crippen LogP contribution is 2.08. The first-order valence-electron chi connectivity index (χ1n) is 5.36. The summed E-state index contributed by atoms with van der Waals surface area (Å²) in [6.45, 7) is 1.20. The Labute approximate surface area is 103 Å². The topological polar surface area (TPSA) is 86.0 Å². The van der Waals surface area contributed by atoms with Crippen molar-refractivity contribution in [1.82, 2.24) is 14.6 Å². The number of aromatic nitrogens is 3. The molecule has 2 rings (SSSR count). The average Bonchev–Trinajstić information content (AvgIpc) is 2.77. The first-order valence-corrected chi connectivity index (χ1v) is 5.36. The molecule has 7 nitrogen and oxygen atoms in total. The van der Waals surface area contributed by atoms with Crippen molar-refractivity contribution in [1.29, 1.82) is 0 Å². The number of hydrogen-bond acceptors (Lipinski definition) is 5. The van der Waals surface area contributed by atoms with Crippen molar-refractivity contribution >= 4 is 11.6 Å². The molecule has 2 aromatic rings. The minimum absolute atomic E-state index is 0.181. The Morgan fingerprint density at radius 2 is 2.22 bits per heavy atom. The van der Waals surface area contributed by atoms with E-state index in [4.69, 9.17) is 14.6 Å². The molecule has 18 heavy (non-hydrogen) atoms. The Morgan fingerprint density at radius 1 is 1.39 bits per heavy atom. The highest BCUT2D eigenvalue weighted by atomic mass is 16.5. The number of aromatic carboxylic acids is 1. The van der Waals surface area contributed by atoms with Gasteiger partial charge < -0.3 is 14.6 Å². The number of carboxylic acids is 1. The normalized spacial score (nSPS) is 10.9. The molecule has 7 heteroatoms. The van der Waals surface area contributed by atoms with Gasteiger partial charge in [-0.2, -0.15) is 0 Å². The van der Waals surface area contributed by atoms with Crippen LogP contribution in [0.2, 0.25) is 0 Å². The Hall–Kier alpha value is -1.99. The predicted molar refractivity (Wildman–Crippen MR) is 61.5 cm³/mol. The average molecular weight is 251 g/mol. The lowest BCUT2D eigenvalue weighted by Crippen LogP contribution is -2.05. The van der Waals surface area contributed by atoms with Gasteiger partial charge in [0.2, 0.25) is 0 Å². The molecule has 0 aromatic carbocycles. The van der Waals surface area contributed by atoms with Gasteiger partial charge in [0.05, 0.1) is 18.8 Å². The molecule has 96 valence electrons. The van der Waals surface area contributed by atoms with Gasteiger partial charge in [-0.05, 0) is 12.1 Å². The van der Waals surface area contributed by atoms with E-state index in [0.29, 0.717) is 24.7 Å².